The summed E-state index contributed by atoms with van der Waals surface area (Å²) in [7, 11) is 0. The van der Waals surface area contributed by atoms with Crippen molar-refractivity contribution in [1.82, 2.24) is 0 Å². The molecule has 2 N–H and O–H groups in total. The maximum atomic E-state index is 11.8. The first-order valence-corrected chi connectivity index (χ1v) is 6.57. The number of hydrogen-bond donors (Lipinski definition) is 2. The van der Waals surface area contributed by atoms with E-state index < -0.39 is 5.97 Å². The van der Waals surface area contributed by atoms with Crippen LogP contribution in [0.2, 0.25) is 0 Å². The van der Waals surface area contributed by atoms with Crippen molar-refractivity contribution >= 4 is 44.8 Å². The molecule has 18 heavy (non-hydrogen) atoms. The van der Waals surface area contributed by atoms with Gasteiger partial charge in [-0.2, -0.15) is 0 Å². The fraction of sp³-hybridized carbons (Fsp3) is 0. The van der Waals surface area contributed by atoms with Crippen molar-refractivity contribution in [2.24, 2.45) is 0 Å². The number of anilines is 1. The van der Waals surface area contributed by atoms with Gasteiger partial charge in [0.15, 0.2) is 0 Å². The zero-order valence-electron chi connectivity index (χ0n) is 9.01. The van der Waals surface area contributed by atoms with E-state index in [1.807, 2.05) is 12.1 Å². The Morgan fingerprint density at radius 2 is 1.67 bits per heavy atom. The van der Waals surface area contributed by atoms with Crippen LogP contribution < -0.4 is 5.32 Å². The summed E-state index contributed by atoms with van der Waals surface area (Å²) in [5.41, 5.74) is 0.661. The standard InChI is InChI=1S/C12H8BrNO3S/c13-7-1-3-8(4-2-7)14-11(15)9-5-6-10(18-9)12(16)17/h1-6H,(H,14,15)(H,16,17). The molecule has 6 heteroatoms. The fourth-order valence-electron chi connectivity index (χ4n) is 1.30. The quantitative estimate of drug-likeness (QED) is 0.908. The predicted molar refractivity (Wildman–Crippen MR) is 73.4 cm³/mol. The average Bonchev–Trinajstić information content (AvgIpc) is 2.81. The molecule has 2 rings (SSSR count). The molecule has 0 unspecified atom stereocenters. The van der Waals surface area contributed by atoms with Crippen LogP contribution in [0.3, 0.4) is 0 Å². The minimum atomic E-state index is -1.03. The summed E-state index contributed by atoms with van der Waals surface area (Å²) < 4.78 is 0.921. The number of aromatic carboxylic acids is 1. The average molecular weight is 326 g/mol. The second kappa shape index (κ2) is 5.32. The summed E-state index contributed by atoms with van der Waals surface area (Å²) in [4.78, 5) is 23.1. The number of rotatable bonds is 3. The van der Waals surface area contributed by atoms with Crippen LogP contribution in [0.4, 0.5) is 5.69 Å². The Balaban J connectivity index is 2.11. The summed E-state index contributed by atoms with van der Waals surface area (Å²) in [5.74, 6) is -1.34. The van der Waals surface area contributed by atoms with E-state index in [4.69, 9.17) is 5.11 Å². The normalized spacial score (nSPS) is 10.1. The number of amides is 1. The molecule has 0 aliphatic carbocycles. The first-order valence-electron chi connectivity index (χ1n) is 4.96. The van der Waals surface area contributed by atoms with Crippen molar-refractivity contribution in [3.8, 4) is 0 Å². The molecule has 0 fully saturated rings. The fourth-order valence-corrected chi connectivity index (χ4v) is 2.31. The molecule has 0 saturated heterocycles. The number of thiophene rings is 1. The summed E-state index contributed by atoms with van der Waals surface area (Å²) in [6.07, 6.45) is 0. The molecular formula is C12H8BrNO3S. The SMILES string of the molecule is O=C(O)c1ccc(C(=O)Nc2ccc(Br)cc2)s1. The van der Waals surface area contributed by atoms with Gasteiger partial charge in [0.25, 0.3) is 5.91 Å². The van der Waals surface area contributed by atoms with Crippen molar-refractivity contribution in [3.05, 3.63) is 50.6 Å². The van der Waals surface area contributed by atoms with Crippen LogP contribution in [0, 0.1) is 0 Å². The van der Waals surface area contributed by atoms with Gasteiger partial charge in [0.1, 0.15) is 4.88 Å². The Labute approximate surface area is 115 Å². The Kier molecular flexibility index (Phi) is 3.78. The molecule has 0 spiro atoms. The van der Waals surface area contributed by atoms with Crippen LogP contribution in [0.15, 0.2) is 40.9 Å². The van der Waals surface area contributed by atoms with Gasteiger partial charge in [0.05, 0.1) is 4.88 Å². The molecule has 4 nitrogen and oxygen atoms in total. The van der Waals surface area contributed by atoms with Gasteiger partial charge in [-0.05, 0) is 36.4 Å². The smallest absolute Gasteiger partial charge is 0.345 e. The summed E-state index contributed by atoms with van der Waals surface area (Å²) in [6, 6.07) is 10.1. The third kappa shape index (κ3) is 2.96. The van der Waals surface area contributed by atoms with Crippen molar-refractivity contribution in [2.45, 2.75) is 0 Å². The van der Waals surface area contributed by atoms with E-state index in [1.54, 1.807) is 12.1 Å². The lowest BCUT2D eigenvalue weighted by molar-refractivity contribution is 0.0702. The van der Waals surface area contributed by atoms with Gasteiger partial charge < -0.3 is 10.4 Å². The van der Waals surface area contributed by atoms with E-state index in [1.165, 1.54) is 12.1 Å². The molecule has 0 saturated carbocycles. The topological polar surface area (TPSA) is 66.4 Å². The van der Waals surface area contributed by atoms with Crippen LogP contribution in [-0.2, 0) is 0 Å². The van der Waals surface area contributed by atoms with Gasteiger partial charge in [0, 0.05) is 10.2 Å². The number of nitrogens with one attached hydrogen (secondary N) is 1. The highest BCUT2D eigenvalue weighted by Crippen LogP contribution is 2.19. The lowest BCUT2D eigenvalue weighted by Crippen LogP contribution is -2.09. The molecule has 0 radical (unpaired) electrons. The Bertz CT molecular complexity index is 592. The maximum absolute atomic E-state index is 11.8. The van der Waals surface area contributed by atoms with Crippen molar-refractivity contribution in [2.75, 3.05) is 5.32 Å². The zero-order valence-corrected chi connectivity index (χ0v) is 11.4. The molecule has 0 atom stereocenters. The van der Waals surface area contributed by atoms with Gasteiger partial charge in [-0.25, -0.2) is 4.79 Å². The number of benzene rings is 1. The second-order valence-corrected chi connectivity index (χ2v) is 5.43. The van der Waals surface area contributed by atoms with E-state index in [0.717, 1.165) is 15.8 Å². The van der Waals surface area contributed by atoms with Gasteiger partial charge >= 0.3 is 5.97 Å². The molecule has 1 aromatic carbocycles. The third-order valence-corrected chi connectivity index (χ3v) is 3.74. The van der Waals surface area contributed by atoms with Gasteiger partial charge in [-0.3, -0.25) is 4.79 Å². The molecule has 1 heterocycles. The first-order chi connectivity index (χ1) is 8.56. The van der Waals surface area contributed by atoms with Crippen LogP contribution in [-0.4, -0.2) is 17.0 Å². The maximum Gasteiger partial charge on any atom is 0.345 e. The van der Waals surface area contributed by atoms with E-state index in [2.05, 4.69) is 21.2 Å². The van der Waals surface area contributed by atoms with E-state index >= 15 is 0 Å². The summed E-state index contributed by atoms with van der Waals surface area (Å²) >= 11 is 4.25. The predicted octanol–water partition coefficient (Wildman–Crippen LogP) is 3.46. The Morgan fingerprint density at radius 3 is 2.22 bits per heavy atom. The number of carboxylic acid groups (broad SMARTS) is 1. The van der Waals surface area contributed by atoms with Crippen LogP contribution >= 0.6 is 27.3 Å². The van der Waals surface area contributed by atoms with E-state index in [0.29, 0.717) is 10.6 Å². The summed E-state index contributed by atoms with van der Waals surface area (Å²) in [5, 5.41) is 11.5. The van der Waals surface area contributed by atoms with Crippen LogP contribution in [0.5, 0.6) is 0 Å². The minimum Gasteiger partial charge on any atom is -0.477 e. The minimum absolute atomic E-state index is 0.149. The first kappa shape index (κ1) is 12.8. The van der Waals surface area contributed by atoms with Crippen molar-refractivity contribution in [3.63, 3.8) is 0 Å². The number of carbonyl (C=O) groups is 2. The number of hydrogen-bond acceptors (Lipinski definition) is 3. The van der Waals surface area contributed by atoms with Crippen LogP contribution in [0.1, 0.15) is 19.3 Å². The Morgan fingerprint density at radius 1 is 1.06 bits per heavy atom. The van der Waals surface area contributed by atoms with Crippen molar-refractivity contribution in [1.29, 1.82) is 0 Å². The molecule has 0 aliphatic heterocycles. The zero-order chi connectivity index (χ0) is 13.1. The lowest BCUT2D eigenvalue weighted by atomic mass is 10.3. The highest BCUT2D eigenvalue weighted by atomic mass is 79.9. The molecule has 1 aromatic heterocycles. The highest BCUT2D eigenvalue weighted by molar-refractivity contribution is 9.10. The molecule has 92 valence electrons. The third-order valence-electron chi connectivity index (χ3n) is 2.14. The summed E-state index contributed by atoms with van der Waals surface area (Å²) in [6.45, 7) is 0. The number of halogens is 1. The van der Waals surface area contributed by atoms with E-state index in [-0.39, 0.29) is 10.8 Å². The largest absolute Gasteiger partial charge is 0.477 e. The number of carboxylic acids is 1. The molecular weight excluding hydrogens is 318 g/mol. The Hall–Kier alpha value is -1.66. The molecule has 1 amide bonds. The lowest BCUT2D eigenvalue weighted by Gasteiger charge is -2.02. The highest BCUT2D eigenvalue weighted by Gasteiger charge is 2.12. The van der Waals surface area contributed by atoms with E-state index in [9.17, 15) is 9.59 Å². The van der Waals surface area contributed by atoms with Crippen molar-refractivity contribution < 1.29 is 14.7 Å². The van der Waals surface area contributed by atoms with Gasteiger partial charge in [0.2, 0.25) is 0 Å². The van der Waals surface area contributed by atoms with Crippen LogP contribution in [0.25, 0.3) is 0 Å². The van der Waals surface area contributed by atoms with Gasteiger partial charge in [-0.1, -0.05) is 15.9 Å². The second-order valence-electron chi connectivity index (χ2n) is 3.43. The molecule has 0 aliphatic rings. The number of carbonyl (C=O) groups excluding carboxylic acids is 1. The monoisotopic (exact) mass is 325 g/mol. The molecule has 2 aromatic rings. The van der Waals surface area contributed by atoms with Gasteiger partial charge in [-0.15, -0.1) is 11.3 Å². The molecule has 0 bridgehead atoms.